The molecule has 300 valence electrons. The molecule has 2 aromatic heterocycles. The van der Waals surface area contributed by atoms with Crippen molar-refractivity contribution in [3.05, 3.63) is 253 Å². The Bertz CT molecular complexity index is 3300. The van der Waals surface area contributed by atoms with Crippen LogP contribution in [0.1, 0.15) is 22.3 Å². The smallest absolute Gasteiger partial charge is 0.227 e. The molecule has 1 aliphatic carbocycles. The van der Waals surface area contributed by atoms with E-state index in [4.69, 9.17) is 24.4 Å². The van der Waals surface area contributed by atoms with Gasteiger partial charge in [-0.25, -0.2) is 19.9 Å². The van der Waals surface area contributed by atoms with Gasteiger partial charge in [0.05, 0.1) is 5.41 Å². The predicted octanol–water partition coefficient (Wildman–Crippen LogP) is 14.4. The molecular weight excluding hydrogens is 781 g/mol. The molecule has 0 aliphatic heterocycles. The van der Waals surface area contributed by atoms with E-state index in [-0.39, 0.29) is 0 Å². The summed E-state index contributed by atoms with van der Waals surface area (Å²) in [5.74, 6) is 2.33. The Balaban J connectivity index is 0.952. The predicted molar refractivity (Wildman–Crippen MR) is 257 cm³/mol. The molecule has 0 saturated heterocycles. The van der Waals surface area contributed by atoms with Crippen molar-refractivity contribution in [2.45, 2.75) is 5.41 Å². The lowest BCUT2D eigenvalue weighted by atomic mass is 9.67. The summed E-state index contributed by atoms with van der Waals surface area (Å²) in [4.78, 5) is 20.5. The highest BCUT2D eigenvalue weighted by molar-refractivity contribution is 5.97. The zero-order chi connectivity index (χ0) is 42.5. The first-order valence-electron chi connectivity index (χ1n) is 21.5. The van der Waals surface area contributed by atoms with Gasteiger partial charge in [0.15, 0.2) is 23.1 Å². The van der Waals surface area contributed by atoms with Crippen molar-refractivity contribution < 1.29 is 4.42 Å². The normalized spacial score (nSPS) is 12.5. The van der Waals surface area contributed by atoms with Crippen molar-refractivity contribution in [3.63, 3.8) is 0 Å². The largest absolute Gasteiger partial charge is 0.436 e. The molecule has 9 aromatic carbocycles. The van der Waals surface area contributed by atoms with Crippen LogP contribution in [0.4, 0.5) is 0 Å². The standard InChI is InChI=1S/C59H38N4O/c1-5-15-39(16-6-1)41-25-29-43(30-26-41)55-61-56(44-31-27-42(28-32-44)40-17-7-2-8-18-40)63-57(62-55)45-33-35-46(36-34-45)58-60-54-52(64-58)38-37-50-49-23-13-14-24-51(49)59(53(50)54,47-19-9-3-10-20-47)48-21-11-4-12-22-48/h1-38H. The molecule has 2 heterocycles. The maximum absolute atomic E-state index is 6.67. The average molecular weight is 819 g/mol. The fraction of sp³-hybridized carbons (Fsp3) is 0.0169. The first kappa shape index (κ1) is 37.2. The second-order valence-electron chi connectivity index (χ2n) is 16.2. The highest BCUT2D eigenvalue weighted by Crippen LogP contribution is 2.58. The van der Waals surface area contributed by atoms with E-state index in [0.717, 1.165) is 66.7 Å². The average Bonchev–Trinajstić information content (AvgIpc) is 3.96. The van der Waals surface area contributed by atoms with Crippen molar-refractivity contribution in [1.29, 1.82) is 0 Å². The summed E-state index contributed by atoms with van der Waals surface area (Å²) in [5.41, 5.74) is 16.2. The minimum Gasteiger partial charge on any atom is -0.436 e. The van der Waals surface area contributed by atoms with E-state index in [0.29, 0.717) is 23.4 Å². The molecule has 1 aliphatic rings. The Morgan fingerprint density at radius 2 is 0.688 bits per heavy atom. The molecule has 11 aromatic rings. The van der Waals surface area contributed by atoms with E-state index in [1.54, 1.807) is 0 Å². The van der Waals surface area contributed by atoms with Gasteiger partial charge in [0.2, 0.25) is 5.89 Å². The van der Waals surface area contributed by atoms with E-state index in [2.05, 4.69) is 194 Å². The Kier molecular flexibility index (Phi) is 8.97. The van der Waals surface area contributed by atoms with Crippen LogP contribution < -0.4 is 0 Å². The van der Waals surface area contributed by atoms with Crippen LogP contribution in [-0.2, 0) is 5.41 Å². The van der Waals surface area contributed by atoms with Crippen molar-refractivity contribution in [3.8, 4) is 79.0 Å². The molecular formula is C59H38N4O. The van der Waals surface area contributed by atoms with Crippen LogP contribution >= 0.6 is 0 Å². The minimum absolute atomic E-state index is 0.551. The lowest BCUT2D eigenvalue weighted by Gasteiger charge is -2.33. The summed E-state index contributed by atoms with van der Waals surface area (Å²) in [6.07, 6.45) is 0. The van der Waals surface area contributed by atoms with Gasteiger partial charge in [-0.2, -0.15) is 0 Å². The van der Waals surface area contributed by atoms with Gasteiger partial charge in [0, 0.05) is 27.8 Å². The highest BCUT2D eigenvalue weighted by atomic mass is 16.3. The van der Waals surface area contributed by atoms with Gasteiger partial charge in [-0.05, 0) is 68.3 Å². The van der Waals surface area contributed by atoms with Crippen molar-refractivity contribution in [2.75, 3.05) is 0 Å². The van der Waals surface area contributed by atoms with Gasteiger partial charge >= 0.3 is 0 Å². The van der Waals surface area contributed by atoms with Gasteiger partial charge in [0.25, 0.3) is 0 Å². The van der Waals surface area contributed by atoms with Crippen LogP contribution in [0.3, 0.4) is 0 Å². The van der Waals surface area contributed by atoms with Crippen molar-refractivity contribution >= 4 is 11.1 Å². The van der Waals surface area contributed by atoms with Gasteiger partial charge < -0.3 is 4.42 Å². The van der Waals surface area contributed by atoms with Gasteiger partial charge in [-0.1, -0.05) is 212 Å². The Hall–Kier alpha value is -8.54. The zero-order valence-electron chi connectivity index (χ0n) is 34.6. The number of nitrogens with zero attached hydrogens (tertiary/aromatic N) is 4. The van der Waals surface area contributed by atoms with E-state index >= 15 is 0 Å². The van der Waals surface area contributed by atoms with Gasteiger partial charge in [-0.15, -0.1) is 0 Å². The van der Waals surface area contributed by atoms with E-state index in [1.807, 2.05) is 36.4 Å². The Morgan fingerprint density at radius 1 is 0.297 bits per heavy atom. The molecule has 0 atom stereocenters. The number of hydrogen-bond acceptors (Lipinski definition) is 5. The summed E-state index contributed by atoms with van der Waals surface area (Å²) in [5, 5.41) is 0. The second-order valence-corrected chi connectivity index (χ2v) is 16.2. The fourth-order valence-electron chi connectivity index (χ4n) is 9.45. The molecule has 0 bridgehead atoms. The molecule has 0 fully saturated rings. The second kappa shape index (κ2) is 15.4. The van der Waals surface area contributed by atoms with Crippen molar-refractivity contribution in [2.24, 2.45) is 0 Å². The first-order chi connectivity index (χ1) is 31.7. The van der Waals surface area contributed by atoms with Crippen LogP contribution in [-0.4, -0.2) is 19.9 Å². The first-order valence-corrected chi connectivity index (χ1v) is 21.5. The fourth-order valence-corrected chi connectivity index (χ4v) is 9.45. The van der Waals surface area contributed by atoms with E-state index in [9.17, 15) is 0 Å². The molecule has 0 N–H and O–H groups in total. The molecule has 0 spiro atoms. The van der Waals surface area contributed by atoms with Crippen LogP contribution in [0, 0.1) is 0 Å². The molecule has 0 unspecified atom stereocenters. The summed E-state index contributed by atoms with van der Waals surface area (Å²) in [6.45, 7) is 0. The maximum Gasteiger partial charge on any atom is 0.227 e. The number of hydrogen-bond donors (Lipinski definition) is 0. The molecule has 0 radical (unpaired) electrons. The molecule has 5 nitrogen and oxygen atoms in total. The summed E-state index contributed by atoms with van der Waals surface area (Å²) >= 11 is 0. The van der Waals surface area contributed by atoms with Gasteiger partial charge in [-0.3, -0.25) is 0 Å². The third-order valence-electron chi connectivity index (χ3n) is 12.5. The quantitative estimate of drug-likeness (QED) is 0.153. The third kappa shape index (κ3) is 6.25. The minimum atomic E-state index is -0.593. The number of rotatable bonds is 8. The molecule has 64 heavy (non-hydrogen) atoms. The lowest BCUT2D eigenvalue weighted by Crippen LogP contribution is -2.28. The zero-order valence-corrected chi connectivity index (χ0v) is 34.6. The highest BCUT2D eigenvalue weighted by Gasteiger charge is 2.48. The molecule has 12 rings (SSSR count). The monoisotopic (exact) mass is 818 g/mol. The molecule has 5 heteroatoms. The van der Waals surface area contributed by atoms with Crippen LogP contribution in [0.5, 0.6) is 0 Å². The van der Waals surface area contributed by atoms with Gasteiger partial charge in [0.1, 0.15) is 5.52 Å². The summed E-state index contributed by atoms with van der Waals surface area (Å²) in [6, 6.07) is 80.3. The molecule has 0 saturated carbocycles. The van der Waals surface area contributed by atoms with E-state index < -0.39 is 5.41 Å². The van der Waals surface area contributed by atoms with Crippen LogP contribution in [0.15, 0.2) is 235 Å². The summed E-state index contributed by atoms with van der Waals surface area (Å²) in [7, 11) is 0. The van der Waals surface area contributed by atoms with Crippen molar-refractivity contribution in [1.82, 2.24) is 19.9 Å². The third-order valence-corrected chi connectivity index (χ3v) is 12.5. The Labute approximate surface area is 371 Å². The SMILES string of the molecule is c1ccc(-c2ccc(-c3nc(-c4ccc(-c5ccccc5)cc4)nc(-c4ccc(-c5nc6c7c(ccc6o5)-c5ccccc5C7(c5ccccc5)c5ccccc5)cc4)n3)cc2)cc1. The number of benzene rings is 9. The van der Waals surface area contributed by atoms with Crippen LogP contribution in [0.25, 0.3) is 90.1 Å². The number of fused-ring (bicyclic) bond motifs is 5. The lowest BCUT2D eigenvalue weighted by molar-refractivity contribution is 0.620. The number of aromatic nitrogens is 4. The Morgan fingerprint density at radius 3 is 1.17 bits per heavy atom. The van der Waals surface area contributed by atoms with E-state index in [1.165, 1.54) is 22.3 Å². The number of oxazole rings is 1. The van der Waals surface area contributed by atoms with Crippen LogP contribution in [0.2, 0.25) is 0 Å². The summed E-state index contributed by atoms with van der Waals surface area (Å²) < 4.78 is 6.67. The topological polar surface area (TPSA) is 64.7 Å². The maximum atomic E-state index is 6.67. The molecule has 0 amide bonds.